The fourth-order valence-electron chi connectivity index (χ4n) is 3.06. The predicted octanol–water partition coefficient (Wildman–Crippen LogP) is 2.71. The van der Waals surface area contributed by atoms with Gasteiger partial charge in [0.2, 0.25) is 0 Å². The summed E-state index contributed by atoms with van der Waals surface area (Å²) in [5.41, 5.74) is 1.59. The highest BCUT2D eigenvalue weighted by Crippen LogP contribution is 2.19. The molecule has 1 aromatic carbocycles. The summed E-state index contributed by atoms with van der Waals surface area (Å²) in [6.45, 7) is 2.62. The van der Waals surface area contributed by atoms with Crippen molar-refractivity contribution in [1.82, 2.24) is 20.0 Å². The van der Waals surface area contributed by atoms with E-state index >= 15 is 0 Å². The lowest BCUT2D eigenvalue weighted by atomic mass is 9.97. The van der Waals surface area contributed by atoms with Crippen LogP contribution in [0.2, 0.25) is 0 Å². The number of halogens is 1. The van der Waals surface area contributed by atoms with Crippen LogP contribution in [0.3, 0.4) is 0 Å². The standard InChI is InChI=1S/C17H21BrN4O/c1-19-9-13-3-2-8-21(11-13)17(23)14-10-20-22(12-14)16-6-4-15(18)5-7-16/h4-7,10,12-13,19H,2-3,8-9,11H2,1H3. The van der Waals surface area contributed by atoms with Gasteiger partial charge >= 0.3 is 0 Å². The number of benzene rings is 1. The summed E-state index contributed by atoms with van der Waals surface area (Å²) in [7, 11) is 1.96. The van der Waals surface area contributed by atoms with E-state index in [2.05, 4.69) is 26.3 Å². The minimum absolute atomic E-state index is 0.0779. The van der Waals surface area contributed by atoms with Gasteiger partial charge in [0.15, 0.2) is 0 Å². The molecule has 1 amide bonds. The number of carbonyl (C=O) groups excluding carboxylic acids is 1. The molecule has 5 nitrogen and oxygen atoms in total. The average molecular weight is 377 g/mol. The molecule has 0 bridgehead atoms. The third-order valence-electron chi connectivity index (χ3n) is 4.22. The molecule has 1 atom stereocenters. The van der Waals surface area contributed by atoms with Crippen molar-refractivity contribution < 1.29 is 4.79 Å². The molecule has 0 aliphatic carbocycles. The van der Waals surface area contributed by atoms with E-state index in [1.54, 1.807) is 10.9 Å². The second kappa shape index (κ2) is 7.27. The summed E-state index contributed by atoms with van der Waals surface area (Å²) in [4.78, 5) is 14.6. The minimum Gasteiger partial charge on any atom is -0.338 e. The van der Waals surface area contributed by atoms with Gasteiger partial charge in [-0.1, -0.05) is 15.9 Å². The van der Waals surface area contributed by atoms with Crippen LogP contribution in [0.4, 0.5) is 0 Å². The number of nitrogens with one attached hydrogen (secondary N) is 1. The van der Waals surface area contributed by atoms with Crippen LogP contribution in [0.1, 0.15) is 23.2 Å². The van der Waals surface area contributed by atoms with Crippen molar-refractivity contribution in [2.24, 2.45) is 5.92 Å². The number of rotatable bonds is 4. The molecule has 3 rings (SSSR count). The van der Waals surface area contributed by atoms with Crippen molar-refractivity contribution >= 4 is 21.8 Å². The summed E-state index contributed by atoms with van der Waals surface area (Å²) in [6, 6.07) is 7.86. The second-order valence-corrected chi connectivity index (χ2v) is 6.88. The first-order valence-electron chi connectivity index (χ1n) is 7.92. The van der Waals surface area contributed by atoms with Crippen molar-refractivity contribution in [3.63, 3.8) is 0 Å². The monoisotopic (exact) mass is 376 g/mol. The Labute approximate surface area is 144 Å². The fourth-order valence-corrected chi connectivity index (χ4v) is 3.32. The lowest BCUT2D eigenvalue weighted by Gasteiger charge is -2.32. The number of piperidine rings is 1. The van der Waals surface area contributed by atoms with Crippen molar-refractivity contribution in [2.75, 3.05) is 26.7 Å². The van der Waals surface area contributed by atoms with Crippen LogP contribution in [-0.4, -0.2) is 47.3 Å². The van der Waals surface area contributed by atoms with Gasteiger partial charge in [0.25, 0.3) is 5.91 Å². The number of aromatic nitrogens is 2. The van der Waals surface area contributed by atoms with E-state index in [1.807, 2.05) is 42.4 Å². The minimum atomic E-state index is 0.0779. The van der Waals surface area contributed by atoms with Crippen molar-refractivity contribution in [1.29, 1.82) is 0 Å². The van der Waals surface area contributed by atoms with E-state index < -0.39 is 0 Å². The molecule has 1 N–H and O–H groups in total. The Bertz CT molecular complexity index is 665. The first-order valence-corrected chi connectivity index (χ1v) is 8.71. The Morgan fingerprint density at radius 3 is 2.91 bits per heavy atom. The molecule has 2 heterocycles. The largest absolute Gasteiger partial charge is 0.338 e. The Kier molecular flexibility index (Phi) is 5.13. The van der Waals surface area contributed by atoms with E-state index in [0.717, 1.165) is 36.2 Å². The lowest BCUT2D eigenvalue weighted by molar-refractivity contribution is 0.0674. The lowest BCUT2D eigenvalue weighted by Crippen LogP contribution is -2.42. The molecule has 0 saturated carbocycles. The number of nitrogens with zero attached hydrogens (tertiary/aromatic N) is 3. The maximum atomic E-state index is 12.7. The fraction of sp³-hybridized carbons (Fsp3) is 0.412. The van der Waals surface area contributed by atoms with Crippen LogP contribution in [0.25, 0.3) is 5.69 Å². The summed E-state index contributed by atoms with van der Waals surface area (Å²) < 4.78 is 2.77. The quantitative estimate of drug-likeness (QED) is 0.892. The summed E-state index contributed by atoms with van der Waals surface area (Å²) >= 11 is 3.42. The van der Waals surface area contributed by atoms with Crippen LogP contribution < -0.4 is 5.32 Å². The zero-order valence-electron chi connectivity index (χ0n) is 13.2. The second-order valence-electron chi connectivity index (χ2n) is 5.97. The molecule has 1 aliphatic rings. The van der Waals surface area contributed by atoms with Gasteiger partial charge in [-0.05, 0) is 56.6 Å². The zero-order valence-corrected chi connectivity index (χ0v) is 14.8. The van der Waals surface area contributed by atoms with Gasteiger partial charge < -0.3 is 10.2 Å². The smallest absolute Gasteiger partial charge is 0.257 e. The molecular formula is C17H21BrN4O. The van der Waals surface area contributed by atoms with Gasteiger partial charge in [-0.25, -0.2) is 4.68 Å². The summed E-state index contributed by atoms with van der Waals surface area (Å²) in [5, 5.41) is 7.54. The van der Waals surface area contributed by atoms with E-state index in [4.69, 9.17) is 0 Å². The zero-order chi connectivity index (χ0) is 16.2. The Balaban J connectivity index is 1.72. The summed E-state index contributed by atoms with van der Waals surface area (Å²) in [6.07, 6.45) is 5.72. The van der Waals surface area contributed by atoms with Crippen molar-refractivity contribution in [2.45, 2.75) is 12.8 Å². The molecule has 1 saturated heterocycles. The third kappa shape index (κ3) is 3.82. The van der Waals surface area contributed by atoms with Crippen molar-refractivity contribution in [3.8, 4) is 5.69 Å². The van der Waals surface area contributed by atoms with Crippen molar-refractivity contribution in [3.05, 3.63) is 46.7 Å². The van der Waals surface area contributed by atoms with Gasteiger partial charge in [-0.2, -0.15) is 5.10 Å². The van der Waals surface area contributed by atoms with E-state index in [1.165, 1.54) is 6.42 Å². The molecule has 6 heteroatoms. The highest BCUT2D eigenvalue weighted by molar-refractivity contribution is 9.10. The van der Waals surface area contributed by atoms with Crippen LogP contribution >= 0.6 is 15.9 Å². The normalized spacial score (nSPS) is 18.2. The Morgan fingerprint density at radius 2 is 2.17 bits per heavy atom. The van der Waals surface area contributed by atoms with E-state index in [-0.39, 0.29) is 5.91 Å². The first-order chi connectivity index (χ1) is 11.2. The highest BCUT2D eigenvalue weighted by Gasteiger charge is 2.24. The molecule has 1 aliphatic heterocycles. The van der Waals surface area contributed by atoms with Crippen LogP contribution in [0, 0.1) is 5.92 Å². The van der Waals surface area contributed by atoms with Crippen LogP contribution in [0.5, 0.6) is 0 Å². The molecule has 1 unspecified atom stereocenters. The molecule has 1 fully saturated rings. The average Bonchev–Trinajstić information content (AvgIpc) is 3.05. The van der Waals surface area contributed by atoms with Crippen LogP contribution in [0.15, 0.2) is 41.1 Å². The maximum Gasteiger partial charge on any atom is 0.257 e. The Morgan fingerprint density at radius 1 is 1.39 bits per heavy atom. The van der Waals surface area contributed by atoms with Gasteiger partial charge in [-0.15, -0.1) is 0 Å². The Hall–Kier alpha value is -1.66. The molecule has 2 aromatic rings. The van der Waals surface area contributed by atoms with Crippen LogP contribution in [-0.2, 0) is 0 Å². The number of amides is 1. The SMILES string of the molecule is CNCC1CCCN(C(=O)c2cnn(-c3ccc(Br)cc3)c2)C1. The maximum absolute atomic E-state index is 12.7. The first kappa shape index (κ1) is 16.2. The molecule has 0 radical (unpaired) electrons. The van der Waals surface area contributed by atoms with Gasteiger partial charge in [0.1, 0.15) is 0 Å². The topological polar surface area (TPSA) is 50.2 Å². The molecule has 122 valence electrons. The number of carbonyl (C=O) groups is 1. The summed E-state index contributed by atoms with van der Waals surface area (Å²) in [5.74, 6) is 0.619. The third-order valence-corrected chi connectivity index (χ3v) is 4.75. The van der Waals surface area contributed by atoms with Gasteiger partial charge in [-0.3, -0.25) is 4.79 Å². The number of likely N-dealkylation sites (tertiary alicyclic amines) is 1. The number of hydrogen-bond donors (Lipinski definition) is 1. The molecular weight excluding hydrogens is 356 g/mol. The highest BCUT2D eigenvalue weighted by atomic mass is 79.9. The predicted molar refractivity (Wildman–Crippen MR) is 93.8 cm³/mol. The van der Waals surface area contributed by atoms with E-state index in [0.29, 0.717) is 11.5 Å². The van der Waals surface area contributed by atoms with Gasteiger partial charge in [0, 0.05) is 23.8 Å². The number of hydrogen-bond acceptors (Lipinski definition) is 3. The molecule has 0 spiro atoms. The molecule has 1 aromatic heterocycles. The van der Waals surface area contributed by atoms with E-state index in [9.17, 15) is 4.79 Å². The van der Waals surface area contributed by atoms with Gasteiger partial charge in [0.05, 0.1) is 17.4 Å². The molecule has 23 heavy (non-hydrogen) atoms.